The molecule has 38 heavy (non-hydrogen) atoms. The molecule has 0 aromatic heterocycles. The number of imide groups is 1. The lowest BCUT2D eigenvalue weighted by atomic mass is 9.90. The van der Waals surface area contributed by atoms with E-state index >= 15 is 0 Å². The first-order chi connectivity index (χ1) is 18.1. The van der Waals surface area contributed by atoms with Crippen molar-refractivity contribution in [2.24, 2.45) is 9.98 Å². The molecule has 2 aliphatic rings. The maximum Gasteiger partial charge on any atom is 0.321 e. The van der Waals surface area contributed by atoms with Crippen LogP contribution in [-0.2, 0) is 32.0 Å². The molecule has 12 heteroatoms. The minimum absolute atomic E-state index is 0.0372. The Morgan fingerprint density at radius 2 is 1.92 bits per heavy atom. The Balaban J connectivity index is 1.82. The zero-order valence-corrected chi connectivity index (χ0v) is 22.8. The number of ether oxygens (including phenoxy) is 1. The van der Waals surface area contributed by atoms with Crippen LogP contribution >= 0.6 is 11.6 Å². The summed E-state index contributed by atoms with van der Waals surface area (Å²) in [5.41, 5.74) is 1.35. The number of amidine groups is 1. The number of nitrogens with one attached hydrogen (secondary N) is 3. The second-order valence-corrected chi connectivity index (χ2v) is 9.50. The molecule has 1 aromatic rings. The first-order valence-corrected chi connectivity index (χ1v) is 12.8. The SMILES string of the molecule is CC=N/C(C1=NC2(CCOCC2)C(=O)N1CC(=O)Nc1ccc(CC)c(CC(=O)NC(=O)NC)c1)=C(\C)Cl. The summed E-state index contributed by atoms with van der Waals surface area (Å²) in [7, 11) is 1.42. The highest BCUT2D eigenvalue weighted by Gasteiger charge is 2.50. The van der Waals surface area contributed by atoms with E-state index in [0.717, 1.165) is 5.56 Å². The molecule has 3 rings (SSSR count). The number of hydrogen-bond acceptors (Lipinski definition) is 7. The maximum atomic E-state index is 13.6. The Morgan fingerprint density at radius 3 is 2.53 bits per heavy atom. The van der Waals surface area contributed by atoms with Crippen molar-refractivity contribution in [2.45, 2.75) is 52.0 Å². The van der Waals surface area contributed by atoms with Crippen molar-refractivity contribution in [1.82, 2.24) is 15.5 Å². The first kappa shape index (κ1) is 29.0. The van der Waals surface area contributed by atoms with Crippen molar-refractivity contribution in [1.29, 1.82) is 0 Å². The lowest BCUT2D eigenvalue weighted by Crippen LogP contribution is -2.48. The average molecular weight is 545 g/mol. The lowest BCUT2D eigenvalue weighted by Gasteiger charge is -2.29. The van der Waals surface area contributed by atoms with Crippen LogP contribution in [0.4, 0.5) is 10.5 Å². The molecular formula is C26H33ClN6O5. The molecule has 1 aromatic carbocycles. The largest absolute Gasteiger partial charge is 0.381 e. The number of aryl methyl sites for hydroxylation is 1. The predicted molar refractivity (Wildman–Crippen MR) is 145 cm³/mol. The fourth-order valence-electron chi connectivity index (χ4n) is 4.41. The van der Waals surface area contributed by atoms with Crippen molar-refractivity contribution in [3.8, 4) is 0 Å². The highest BCUT2D eigenvalue weighted by Crippen LogP contribution is 2.35. The zero-order chi connectivity index (χ0) is 27.9. The number of nitrogens with zero attached hydrogens (tertiary/aromatic N) is 3. The molecule has 2 heterocycles. The van der Waals surface area contributed by atoms with E-state index < -0.39 is 23.4 Å². The van der Waals surface area contributed by atoms with E-state index in [4.69, 9.17) is 21.3 Å². The van der Waals surface area contributed by atoms with Gasteiger partial charge in [0.25, 0.3) is 5.91 Å². The van der Waals surface area contributed by atoms with Gasteiger partial charge in [0.05, 0.1) is 6.42 Å². The number of halogens is 1. The molecule has 1 saturated heterocycles. The monoisotopic (exact) mass is 544 g/mol. The standard InChI is InChI=1S/C26H33ClN6O5/c1-5-17-7-8-19(13-18(17)14-20(34)31-25(37)28-4)30-21(35)15-33-23(22(16(3)27)29-6-2)32-26(24(33)36)9-11-38-12-10-26/h6-8,13H,5,9-12,14-15H2,1-4H3,(H,30,35)(H2,28,31,34,37)/b22-16+,29-6?. The molecule has 11 nitrogen and oxygen atoms in total. The van der Waals surface area contributed by atoms with Gasteiger partial charge in [0.1, 0.15) is 17.8 Å². The molecule has 0 unspecified atom stereocenters. The molecular weight excluding hydrogens is 512 g/mol. The third-order valence-corrected chi connectivity index (χ3v) is 6.52. The number of carbonyl (C=O) groups is 4. The molecule has 0 aliphatic carbocycles. The predicted octanol–water partition coefficient (Wildman–Crippen LogP) is 2.54. The Bertz CT molecular complexity index is 1200. The van der Waals surface area contributed by atoms with Gasteiger partial charge in [-0.15, -0.1) is 0 Å². The molecule has 0 atom stereocenters. The lowest BCUT2D eigenvalue weighted by molar-refractivity contribution is -0.136. The minimum Gasteiger partial charge on any atom is -0.381 e. The van der Waals surface area contributed by atoms with E-state index in [1.807, 2.05) is 13.0 Å². The summed E-state index contributed by atoms with van der Waals surface area (Å²) in [6, 6.07) is 4.64. The van der Waals surface area contributed by atoms with Crippen LogP contribution in [-0.4, -0.2) is 73.0 Å². The number of allylic oxidation sites excluding steroid dienone is 1. The highest BCUT2D eigenvalue weighted by molar-refractivity contribution is 6.33. The van der Waals surface area contributed by atoms with Crippen molar-refractivity contribution < 1.29 is 23.9 Å². The second-order valence-electron chi connectivity index (χ2n) is 8.93. The van der Waals surface area contributed by atoms with Gasteiger partial charge in [0, 0.05) is 50.0 Å². The van der Waals surface area contributed by atoms with Gasteiger partial charge in [-0.2, -0.15) is 0 Å². The summed E-state index contributed by atoms with van der Waals surface area (Å²) in [6.45, 7) is 5.81. The van der Waals surface area contributed by atoms with Crippen LogP contribution in [0, 0.1) is 0 Å². The average Bonchev–Trinajstić information content (AvgIpc) is 3.13. The summed E-state index contributed by atoms with van der Waals surface area (Å²) >= 11 is 6.30. The number of urea groups is 1. The van der Waals surface area contributed by atoms with E-state index in [0.29, 0.717) is 54.5 Å². The van der Waals surface area contributed by atoms with E-state index in [1.54, 1.807) is 32.2 Å². The van der Waals surface area contributed by atoms with E-state index in [-0.39, 0.29) is 24.7 Å². The Morgan fingerprint density at radius 1 is 1.21 bits per heavy atom. The maximum absolute atomic E-state index is 13.6. The Kier molecular flexibility index (Phi) is 9.76. The van der Waals surface area contributed by atoms with Gasteiger partial charge in [-0.1, -0.05) is 24.6 Å². The summed E-state index contributed by atoms with van der Waals surface area (Å²) in [5.74, 6) is -0.960. The molecule has 5 amide bonds. The van der Waals surface area contributed by atoms with Crippen LogP contribution in [0.15, 0.2) is 38.9 Å². The van der Waals surface area contributed by atoms with E-state index in [1.165, 1.54) is 11.9 Å². The third kappa shape index (κ3) is 6.65. The van der Waals surface area contributed by atoms with Gasteiger partial charge in [-0.25, -0.2) is 9.79 Å². The molecule has 3 N–H and O–H groups in total. The summed E-state index contributed by atoms with van der Waals surface area (Å²) in [5, 5.41) is 7.73. The molecule has 0 saturated carbocycles. The van der Waals surface area contributed by atoms with Crippen LogP contribution in [0.5, 0.6) is 0 Å². The fraction of sp³-hybridized carbons (Fsp3) is 0.462. The molecule has 1 spiro atoms. The molecule has 2 aliphatic heterocycles. The van der Waals surface area contributed by atoms with Crippen LogP contribution in [0.1, 0.15) is 44.7 Å². The first-order valence-electron chi connectivity index (χ1n) is 12.4. The van der Waals surface area contributed by atoms with Gasteiger partial charge >= 0.3 is 6.03 Å². The summed E-state index contributed by atoms with van der Waals surface area (Å²) in [6.07, 6.45) is 2.98. The number of amides is 5. The normalized spacial score (nSPS) is 17.3. The Labute approximate surface area is 226 Å². The number of benzene rings is 1. The van der Waals surface area contributed by atoms with Crippen molar-refractivity contribution >= 4 is 53.1 Å². The van der Waals surface area contributed by atoms with Crippen LogP contribution < -0.4 is 16.0 Å². The topological polar surface area (TPSA) is 142 Å². The fourth-order valence-corrected chi connectivity index (χ4v) is 4.55. The van der Waals surface area contributed by atoms with Crippen molar-refractivity contribution in [3.63, 3.8) is 0 Å². The number of carbonyl (C=O) groups excluding carboxylic acids is 4. The highest BCUT2D eigenvalue weighted by atomic mass is 35.5. The van der Waals surface area contributed by atoms with E-state index in [9.17, 15) is 19.2 Å². The van der Waals surface area contributed by atoms with Gasteiger partial charge < -0.3 is 15.4 Å². The summed E-state index contributed by atoms with van der Waals surface area (Å²) in [4.78, 5) is 60.8. The zero-order valence-electron chi connectivity index (χ0n) is 22.0. The quantitative estimate of drug-likeness (QED) is 0.431. The van der Waals surface area contributed by atoms with E-state index in [2.05, 4.69) is 20.9 Å². The van der Waals surface area contributed by atoms with Crippen LogP contribution in [0.25, 0.3) is 0 Å². The number of aliphatic imine (C=N–C) groups is 2. The van der Waals surface area contributed by atoms with Gasteiger partial charge in [-0.05, 0) is 43.5 Å². The van der Waals surface area contributed by atoms with Gasteiger partial charge in [-0.3, -0.25) is 29.6 Å². The summed E-state index contributed by atoms with van der Waals surface area (Å²) < 4.78 is 5.44. The van der Waals surface area contributed by atoms with Crippen LogP contribution in [0.2, 0.25) is 0 Å². The molecule has 204 valence electrons. The van der Waals surface area contributed by atoms with Gasteiger partial charge in [0.2, 0.25) is 11.8 Å². The minimum atomic E-state index is -1.01. The Hall–Kier alpha value is -3.57. The molecule has 1 fully saturated rings. The van der Waals surface area contributed by atoms with Gasteiger partial charge in [0.15, 0.2) is 5.84 Å². The van der Waals surface area contributed by atoms with Crippen molar-refractivity contribution in [2.75, 3.05) is 32.1 Å². The number of rotatable bonds is 8. The molecule has 0 bridgehead atoms. The third-order valence-electron chi connectivity index (χ3n) is 6.34. The second kappa shape index (κ2) is 12.8. The smallest absolute Gasteiger partial charge is 0.321 e. The molecule has 0 radical (unpaired) electrons. The number of anilines is 1. The van der Waals surface area contributed by atoms with Crippen molar-refractivity contribution in [3.05, 3.63) is 40.1 Å². The number of hydrogen-bond donors (Lipinski definition) is 3. The van der Waals surface area contributed by atoms with Crippen LogP contribution in [0.3, 0.4) is 0 Å².